The molecule has 3 heteroatoms. The van der Waals surface area contributed by atoms with Gasteiger partial charge >= 0.3 is 0 Å². The van der Waals surface area contributed by atoms with Crippen LogP contribution < -0.4 is 10.1 Å². The highest BCUT2D eigenvalue weighted by atomic mass is 16.5. The molecule has 0 saturated heterocycles. The van der Waals surface area contributed by atoms with E-state index in [-0.39, 0.29) is 0 Å². The zero-order valence-corrected chi connectivity index (χ0v) is 11.2. The highest BCUT2D eigenvalue weighted by Gasteiger charge is 2.14. The summed E-state index contributed by atoms with van der Waals surface area (Å²) in [4.78, 5) is 0. The third kappa shape index (κ3) is 3.72. The summed E-state index contributed by atoms with van der Waals surface area (Å²) >= 11 is 0. The maximum absolute atomic E-state index is 10.1. The van der Waals surface area contributed by atoms with E-state index in [4.69, 9.17) is 4.74 Å². The fourth-order valence-electron chi connectivity index (χ4n) is 1.77. The minimum atomic E-state index is -0.518. The standard InChI is InChI=1S/C14H23NO2/c1-5-6-15-9-13(16)12-7-10(2)11(3)8-14(12)17-4/h7-8,13,15-16H,5-6,9H2,1-4H3. The van der Waals surface area contributed by atoms with Gasteiger partial charge in [0.1, 0.15) is 5.75 Å². The lowest BCUT2D eigenvalue weighted by Gasteiger charge is -2.17. The van der Waals surface area contributed by atoms with Gasteiger partial charge in [0.25, 0.3) is 0 Å². The molecular weight excluding hydrogens is 214 g/mol. The molecule has 0 aliphatic rings. The Labute approximate surface area is 104 Å². The number of ether oxygens (including phenoxy) is 1. The van der Waals surface area contributed by atoms with Crippen molar-refractivity contribution in [2.75, 3.05) is 20.2 Å². The van der Waals surface area contributed by atoms with Gasteiger partial charge in [-0.05, 0) is 50.1 Å². The molecule has 1 aromatic rings. The largest absolute Gasteiger partial charge is 0.496 e. The van der Waals surface area contributed by atoms with Crippen LogP contribution in [0, 0.1) is 13.8 Å². The Morgan fingerprint density at radius 1 is 1.29 bits per heavy atom. The molecule has 0 fully saturated rings. The van der Waals surface area contributed by atoms with E-state index in [0.29, 0.717) is 6.54 Å². The number of hydrogen-bond acceptors (Lipinski definition) is 3. The summed E-state index contributed by atoms with van der Waals surface area (Å²) in [6.07, 6.45) is 0.548. The molecule has 17 heavy (non-hydrogen) atoms. The number of methoxy groups -OCH3 is 1. The van der Waals surface area contributed by atoms with Crippen LogP contribution >= 0.6 is 0 Å². The lowest BCUT2D eigenvalue weighted by molar-refractivity contribution is 0.170. The molecule has 0 aliphatic heterocycles. The monoisotopic (exact) mass is 237 g/mol. The molecule has 1 rings (SSSR count). The van der Waals surface area contributed by atoms with Crippen molar-refractivity contribution in [3.63, 3.8) is 0 Å². The van der Waals surface area contributed by atoms with Gasteiger partial charge in [0.2, 0.25) is 0 Å². The Balaban J connectivity index is 2.84. The van der Waals surface area contributed by atoms with Crippen molar-refractivity contribution in [3.05, 3.63) is 28.8 Å². The van der Waals surface area contributed by atoms with E-state index in [1.54, 1.807) is 7.11 Å². The maximum Gasteiger partial charge on any atom is 0.124 e. The first-order valence-corrected chi connectivity index (χ1v) is 6.14. The van der Waals surface area contributed by atoms with Crippen molar-refractivity contribution in [1.29, 1.82) is 0 Å². The number of aliphatic hydroxyl groups excluding tert-OH is 1. The van der Waals surface area contributed by atoms with Crippen molar-refractivity contribution in [3.8, 4) is 5.75 Å². The van der Waals surface area contributed by atoms with Gasteiger partial charge in [0.05, 0.1) is 13.2 Å². The van der Waals surface area contributed by atoms with Crippen LogP contribution in [0.2, 0.25) is 0 Å². The number of aryl methyl sites for hydroxylation is 2. The second-order valence-corrected chi connectivity index (χ2v) is 4.40. The van der Waals surface area contributed by atoms with Crippen molar-refractivity contribution >= 4 is 0 Å². The molecule has 1 atom stereocenters. The topological polar surface area (TPSA) is 41.5 Å². The highest BCUT2D eigenvalue weighted by Crippen LogP contribution is 2.28. The van der Waals surface area contributed by atoms with Gasteiger partial charge in [0.15, 0.2) is 0 Å². The van der Waals surface area contributed by atoms with Gasteiger partial charge in [-0.3, -0.25) is 0 Å². The van der Waals surface area contributed by atoms with Crippen LogP contribution in [0.3, 0.4) is 0 Å². The van der Waals surface area contributed by atoms with Crippen LogP contribution in [0.4, 0.5) is 0 Å². The first-order chi connectivity index (χ1) is 8.10. The summed E-state index contributed by atoms with van der Waals surface area (Å²) in [5, 5.41) is 13.3. The Bertz CT molecular complexity index is 363. The van der Waals surface area contributed by atoms with Crippen LogP contribution in [0.5, 0.6) is 5.75 Å². The van der Waals surface area contributed by atoms with Gasteiger partial charge in [-0.2, -0.15) is 0 Å². The molecule has 0 heterocycles. The molecule has 0 aromatic heterocycles. The second-order valence-electron chi connectivity index (χ2n) is 4.40. The number of benzene rings is 1. The zero-order valence-electron chi connectivity index (χ0n) is 11.2. The summed E-state index contributed by atoms with van der Waals surface area (Å²) in [5.41, 5.74) is 3.22. The van der Waals surface area contributed by atoms with Gasteiger partial charge in [0, 0.05) is 12.1 Å². The van der Waals surface area contributed by atoms with E-state index in [0.717, 1.165) is 24.3 Å². The first kappa shape index (κ1) is 14.0. The van der Waals surface area contributed by atoms with E-state index in [9.17, 15) is 5.11 Å². The van der Waals surface area contributed by atoms with Crippen LogP contribution in [-0.4, -0.2) is 25.3 Å². The lowest BCUT2D eigenvalue weighted by atomic mass is 10.0. The summed E-state index contributed by atoms with van der Waals surface area (Å²) in [6.45, 7) is 7.68. The number of rotatable bonds is 6. The zero-order chi connectivity index (χ0) is 12.8. The van der Waals surface area contributed by atoms with Crippen LogP contribution in [0.25, 0.3) is 0 Å². The minimum absolute atomic E-state index is 0.518. The highest BCUT2D eigenvalue weighted by molar-refractivity contribution is 5.43. The molecule has 0 spiro atoms. The Hall–Kier alpha value is -1.06. The fourth-order valence-corrected chi connectivity index (χ4v) is 1.77. The smallest absolute Gasteiger partial charge is 0.124 e. The van der Waals surface area contributed by atoms with Gasteiger partial charge in [-0.25, -0.2) is 0 Å². The Kier molecular flexibility index (Phi) is 5.45. The fraction of sp³-hybridized carbons (Fsp3) is 0.571. The quantitative estimate of drug-likeness (QED) is 0.746. The third-order valence-corrected chi connectivity index (χ3v) is 2.97. The van der Waals surface area contributed by atoms with Crippen LogP contribution in [0.1, 0.15) is 36.1 Å². The third-order valence-electron chi connectivity index (χ3n) is 2.97. The molecule has 0 radical (unpaired) electrons. The summed E-state index contributed by atoms with van der Waals surface area (Å²) in [6, 6.07) is 3.99. The predicted molar refractivity (Wildman–Crippen MR) is 70.6 cm³/mol. The second kappa shape index (κ2) is 6.62. The van der Waals surface area contributed by atoms with Crippen molar-refractivity contribution in [1.82, 2.24) is 5.32 Å². The maximum atomic E-state index is 10.1. The summed E-state index contributed by atoms with van der Waals surface area (Å²) in [5.74, 6) is 0.763. The SMILES string of the molecule is CCCNCC(O)c1cc(C)c(C)cc1OC. The summed E-state index contributed by atoms with van der Waals surface area (Å²) in [7, 11) is 1.64. The average molecular weight is 237 g/mol. The molecule has 0 bridgehead atoms. The molecular formula is C14H23NO2. The van der Waals surface area contributed by atoms with E-state index in [1.807, 2.05) is 26.0 Å². The molecule has 1 unspecified atom stereocenters. The molecule has 2 N–H and O–H groups in total. The van der Waals surface area contributed by atoms with E-state index in [1.165, 1.54) is 11.1 Å². The number of aliphatic hydroxyl groups is 1. The first-order valence-electron chi connectivity index (χ1n) is 6.14. The number of hydrogen-bond donors (Lipinski definition) is 2. The van der Waals surface area contributed by atoms with Gasteiger partial charge in [-0.15, -0.1) is 0 Å². The molecule has 0 amide bonds. The van der Waals surface area contributed by atoms with Gasteiger partial charge in [-0.1, -0.05) is 6.92 Å². The van der Waals surface area contributed by atoms with Crippen molar-refractivity contribution < 1.29 is 9.84 Å². The Morgan fingerprint density at radius 2 is 1.94 bits per heavy atom. The molecule has 0 saturated carbocycles. The number of nitrogens with one attached hydrogen (secondary N) is 1. The Morgan fingerprint density at radius 3 is 2.53 bits per heavy atom. The average Bonchev–Trinajstić information content (AvgIpc) is 2.32. The molecule has 96 valence electrons. The van der Waals surface area contributed by atoms with Crippen LogP contribution in [0.15, 0.2) is 12.1 Å². The van der Waals surface area contributed by atoms with E-state index in [2.05, 4.69) is 12.2 Å². The van der Waals surface area contributed by atoms with Crippen LogP contribution in [-0.2, 0) is 0 Å². The van der Waals surface area contributed by atoms with Crippen molar-refractivity contribution in [2.24, 2.45) is 0 Å². The molecule has 1 aromatic carbocycles. The minimum Gasteiger partial charge on any atom is -0.496 e. The molecule has 3 nitrogen and oxygen atoms in total. The summed E-state index contributed by atoms with van der Waals surface area (Å²) < 4.78 is 5.32. The normalized spacial score (nSPS) is 12.5. The lowest BCUT2D eigenvalue weighted by Crippen LogP contribution is -2.22. The van der Waals surface area contributed by atoms with Crippen molar-refractivity contribution in [2.45, 2.75) is 33.3 Å². The molecule has 0 aliphatic carbocycles. The van der Waals surface area contributed by atoms with Gasteiger partial charge < -0.3 is 15.2 Å². The predicted octanol–water partition coefficient (Wildman–Crippen LogP) is 2.35. The van der Waals surface area contributed by atoms with E-state index < -0.39 is 6.10 Å². The van der Waals surface area contributed by atoms with E-state index >= 15 is 0 Å².